The number of rotatable bonds is 2. The van der Waals surface area contributed by atoms with E-state index in [1.165, 1.54) is 6.20 Å². The number of nitrogens with zero attached hydrogens (tertiary/aromatic N) is 3. The summed E-state index contributed by atoms with van der Waals surface area (Å²) >= 11 is 5.44. The van der Waals surface area contributed by atoms with Gasteiger partial charge in [-0.3, -0.25) is 14.2 Å². The van der Waals surface area contributed by atoms with Gasteiger partial charge in [-0.2, -0.15) is 0 Å². The van der Waals surface area contributed by atoms with Crippen LogP contribution in [0.15, 0.2) is 24.8 Å². The van der Waals surface area contributed by atoms with Crippen LogP contribution >= 0.6 is 11.6 Å². The monoisotopic (exact) mass is 195 g/mol. The number of Topliss-reactive ketones (excluding diaryl/α,β-unsaturated/α-hetero) is 1. The molecule has 5 heteroatoms. The van der Waals surface area contributed by atoms with E-state index < -0.39 is 0 Å². The summed E-state index contributed by atoms with van der Waals surface area (Å²) < 4.78 is 1.66. The molecule has 0 aliphatic rings. The quantitative estimate of drug-likeness (QED) is 0.534. The minimum atomic E-state index is -0.139. The summed E-state index contributed by atoms with van der Waals surface area (Å²) in [5.74, 6) is -0.170. The van der Waals surface area contributed by atoms with Gasteiger partial charge < -0.3 is 0 Å². The van der Waals surface area contributed by atoms with Crippen LogP contribution in [0.4, 0.5) is 0 Å². The molecule has 2 heterocycles. The lowest BCUT2D eigenvalue weighted by atomic mass is 10.3. The van der Waals surface area contributed by atoms with Crippen molar-refractivity contribution in [1.29, 1.82) is 0 Å². The zero-order chi connectivity index (χ0) is 9.26. The summed E-state index contributed by atoms with van der Waals surface area (Å²) in [5, 5.41) is 0. The van der Waals surface area contributed by atoms with Crippen LogP contribution in [0, 0.1) is 0 Å². The molecule has 66 valence electrons. The van der Waals surface area contributed by atoms with Crippen molar-refractivity contribution < 1.29 is 4.79 Å². The molecule has 13 heavy (non-hydrogen) atoms. The fraction of sp³-hybridized carbons (Fsp3) is 0.125. The molecule has 2 aromatic rings. The lowest BCUT2D eigenvalue weighted by Crippen LogP contribution is -2.04. The molecule has 2 rings (SSSR count). The second-order valence-electron chi connectivity index (χ2n) is 2.50. The fourth-order valence-electron chi connectivity index (χ4n) is 1.12. The molecular formula is C8H6ClN3O. The second-order valence-corrected chi connectivity index (χ2v) is 2.77. The number of halogens is 1. The molecule has 0 radical (unpaired) electrons. The van der Waals surface area contributed by atoms with E-state index in [2.05, 4.69) is 9.97 Å². The topological polar surface area (TPSA) is 47.3 Å². The van der Waals surface area contributed by atoms with Crippen LogP contribution in [0.2, 0.25) is 0 Å². The number of ketones is 1. The van der Waals surface area contributed by atoms with E-state index in [0.29, 0.717) is 11.3 Å². The molecule has 0 unspecified atom stereocenters. The van der Waals surface area contributed by atoms with Crippen molar-refractivity contribution >= 4 is 23.0 Å². The first-order valence-electron chi connectivity index (χ1n) is 3.69. The molecular weight excluding hydrogens is 190 g/mol. The Labute approximate surface area is 79.2 Å². The number of fused-ring (bicyclic) bond motifs is 1. The van der Waals surface area contributed by atoms with Gasteiger partial charge in [-0.1, -0.05) is 0 Å². The molecule has 0 atom stereocenters. The van der Waals surface area contributed by atoms with E-state index >= 15 is 0 Å². The molecule has 0 aliphatic heterocycles. The summed E-state index contributed by atoms with van der Waals surface area (Å²) in [7, 11) is 0. The standard InChI is InChI=1S/C8H6ClN3O/c9-3-7(13)6-4-11-8-5-10-1-2-12(6)8/h1-2,4-5H,3H2. The van der Waals surface area contributed by atoms with Crippen LogP contribution in [-0.2, 0) is 0 Å². The number of hydrogen-bond donors (Lipinski definition) is 0. The average molecular weight is 196 g/mol. The van der Waals surface area contributed by atoms with Gasteiger partial charge in [0.2, 0.25) is 0 Å². The van der Waals surface area contributed by atoms with Crippen LogP contribution in [-0.4, -0.2) is 26.0 Å². The van der Waals surface area contributed by atoms with Crippen molar-refractivity contribution in [1.82, 2.24) is 14.4 Å². The highest BCUT2D eigenvalue weighted by Gasteiger charge is 2.09. The summed E-state index contributed by atoms with van der Waals surface area (Å²) in [4.78, 5) is 19.2. The van der Waals surface area contributed by atoms with E-state index in [4.69, 9.17) is 11.6 Å². The highest BCUT2D eigenvalue weighted by atomic mass is 35.5. The Kier molecular flexibility index (Phi) is 1.98. The Morgan fingerprint density at radius 2 is 2.38 bits per heavy atom. The maximum absolute atomic E-state index is 11.3. The van der Waals surface area contributed by atoms with Gasteiger partial charge in [-0.15, -0.1) is 11.6 Å². The SMILES string of the molecule is O=C(CCl)c1cnc2cnccn12. The number of alkyl halides is 1. The minimum absolute atomic E-state index is 0.0316. The fourth-order valence-corrected chi connectivity index (χ4v) is 1.25. The van der Waals surface area contributed by atoms with E-state index in [1.807, 2.05) is 0 Å². The van der Waals surface area contributed by atoms with Crippen molar-refractivity contribution in [2.75, 3.05) is 5.88 Å². The second kappa shape index (κ2) is 3.14. The Hall–Kier alpha value is -1.42. The van der Waals surface area contributed by atoms with Crippen LogP contribution in [0.1, 0.15) is 10.5 Å². The highest BCUT2D eigenvalue weighted by molar-refractivity contribution is 6.30. The maximum Gasteiger partial charge on any atom is 0.195 e. The van der Waals surface area contributed by atoms with E-state index in [9.17, 15) is 4.79 Å². The maximum atomic E-state index is 11.3. The molecule has 0 saturated carbocycles. The summed E-state index contributed by atoms with van der Waals surface area (Å²) in [5.41, 5.74) is 1.14. The van der Waals surface area contributed by atoms with Crippen LogP contribution in [0.3, 0.4) is 0 Å². The van der Waals surface area contributed by atoms with Gasteiger partial charge in [0.1, 0.15) is 5.69 Å². The van der Waals surface area contributed by atoms with E-state index in [1.54, 1.807) is 23.0 Å². The Bertz CT molecular complexity index is 451. The van der Waals surface area contributed by atoms with E-state index in [0.717, 1.165) is 0 Å². The minimum Gasteiger partial charge on any atom is -0.294 e. The third kappa shape index (κ3) is 1.29. The number of carbonyl (C=O) groups is 1. The summed E-state index contributed by atoms with van der Waals surface area (Å²) in [6.45, 7) is 0. The number of imidazole rings is 1. The van der Waals surface area contributed by atoms with Crippen LogP contribution in [0.5, 0.6) is 0 Å². The predicted molar refractivity (Wildman–Crippen MR) is 48.0 cm³/mol. The van der Waals surface area contributed by atoms with E-state index in [-0.39, 0.29) is 11.7 Å². The smallest absolute Gasteiger partial charge is 0.195 e. The number of carbonyl (C=O) groups excluding carboxylic acids is 1. The zero-order valence-corrected chi connectivity index (χ0v) is 7.40. The Morgan fingerprint density at radius 1 is 1.54 bits per heavy atom. The van der Waals surface area contributed by atoms with Gasteiger partial charge in [0, 0.05) is 12.4 Å². The lowest BCUT2D eigenvalue weighted by Gasteiger charge is -1.95. The molecule has 0 saturated heterocycles. The molecule has 0 fully saturated rings. The zero-order valence-electron chi connectivity index (χ0n) is 6.64. The molecule has 0 amide bonds. The molecule has 0 aromatic carbocycles. The van der Waals surface area contributed by atoms with Crippen molar-refractivity contribution in [3.05, 3.63) is 30.5 Å². The summed E-state index contributed by atoms with van der Waals surface area (Å²) in [6, 6.07) is 0. The van der Waals surface area contributed by atoms with Crippen LogP contribution < -0.4 is 0 Å². The number of hydrogen-bond acceptors (Lipinski definition) is 3. The normalized spacial score (nSPS) is 10.5. The van der Waals surface area contributed by atoms with Gasteiger partial charge >= 0.3 is 0 Å². The first-order chi connectivity index (χ1) is 6.33. The predicted octanol–water partition coefficient (Wildman–Crippen LogP) is 1.15. The van der Waals surface area contributed by atoms with Crippen molar-refractivity contribution in [2.24, 2.45) is 0 Å². The van der Waals surface area contributed by atoms with Crippen LogP contribution in [0.25, 0.3) is 5.65 Å². The van der Waals surface area contributed by atoms with Crippen molar-refractivity contribution in [3.8, 4) is 0 Å². The van der Waals surface area contributed by atoms with Gasteiger partial charge in [0.05, 0.1) is 18.3 Å². The molecule has 4 nitrogen and oxygen atoms in total. The molecule has 2 aromatic heterocycles. The Balaban J connectivity index is 2.64. The Morgan fingerprint density at radius 3 is 3.15 bits per heavy atom. The molecule has 0 aliphatic carbocycles. The third-order valence-corrected chi connectivity index (χ3v) is 1.97. The third-order valence-electron chi connectivity index (χ3n) is 1.72. The largest absolute Gasteiger partial charge is 0.294 e. The summed E-state index contributed by atoms with van der Waals surface area (Å²) in [6.07, 6.45) is 6.37. The van der Waals surface area contributed by atoms with Gasteiger partial charge in [-0.05, 0) is 0 Å². The lowest BCUT2D eigenvalue weighted by molar-refractivity contribution is 0.101. The number of aromatic nitrogens is 3. The van der Waals surface area contributed by atoms with Gasteiger partial charge in [0.25, 0.3) is 0 Å². The first-order valence-corrected chi connectivity index (χ1v) is 4.22. The van der Waals surface area contributed by atoms with Crippen molar-refractivity contribution in [2.45, 2.75) is 0 Å². The average Bonchev–Trinajstić information content (AvgIpc) is 2.60. The molecule has 0 N–H and O–H groups in total. The molecule has 0 spiro atoms. The van der Waals surface area contributed by atoms with Gasteiger partial charge in [-0.25, -0.2) is 4.98 Å². The molecule has 0 bridgehead atoms. The van der Waals surface area contributed by atoms with Crippen molar-refractivity contribution in [3.63, 3.8) is 0 Å². The highest BCUT2D eigenvalue weighted by Crippen LogP contribution is 2.05. The first kappa shape index (κ1) is 8.19. The van der Waals surface area contributed by atoms with Gasteiger partial charge in [0.15, 0.2) is 11.4 Å².